The molecule has 22 heavy (non-hydrogen) atoms. The van der Waals surface area contributed by atoms with Gasteiger partial charge in [-0.25, -0.2) is 0 Å². The average Bonchev–Trinajstić information content (AvgIpc) is 2.45. The Morgan fingerprint density at radius 3 is 2.45 bits per heavy atom. The van der Waals surface area contributed by atoms with Gasteiger partial charge in [-0.05, 0) is 31.2 Å². The molecule has 1 N–H and O–H groups in total. The van der Waals surface area contributed by atoms with Crippen molar-refractivity contribution in [3.8, 4) is 5.75 Å². The highest BCUT2D eigenvalue weighted by molar-refractivity contribution is 5.99. The van der Waals surface area contributed by atoms with E-state index in [1.807, 2.05) is 31.2 Å². The van der Waals surface area contributed by atoms with Crippen molar-refractivity contribution in [1.82, 2.24) is 0 Å². The van der Waals surface area contributed by atoms with E-state index in [2.05, 4.69) is 10.1 Å². The van der Waals surface area contributed by atoms with Gasteiger partial charge in [-0.15, -0.1) is 13.2 Å². The molecule has 0 aliphatic rings. The van der Waals surface area contributed by atoms with Gasteiger partial charge in [0.05, 0.1) is 6.54 Å². The summed E-state index contributed by atoms with van der Waals surface area (Å²) in [7, 11) is 0. The van der Waals surface area contributed by atoms with Crippen LogP contribution in [-0.2, 0) is 0 Å². The first kappa shape index (κ1) is 15.9. The lowest BCUT2D eigenvalue weighted by molar-refractivity contribution is -0.274. The van der Waals surface area contributed by atoms with Crippen LogP contribution in [0, 0.1) is 6.92 Å². The Balaban J connectivity index is 2.00. The van der Waals surface area contributed by atoms with Crippen LogP contribution in [0.4, 0.5) is 18.9 Å². The predicted molar refractivity (Wildman–Crippen MR) is 77.1 cm³/mol. The average molecular weight is 309 g/mol. The molecule has 2 aromatic carbocycles. The van der Waals surface area contributed by atoms with Crippen LogP contribution in [0.3, 0.4) is 0 Å². The van der Waals surface area contributed by atoms with E-state index in [4.69, 9.17) is 0 Å². The minimum absolute atomic E-state index is 0.0153. The van der Waals surface area contributed by atoms with Crippen LogP contribution < -0.4 is 10.1 Å². The molecular formula is C16H14F3NO2. The van der Waals surface area contributed by atoms with Crippen molar-refractivity contribution in [2.75, 3.05) is 11.9 Å². The zero-order chi connectivity index (χ0) is 16.2. The third-order valence-electron chi connectivity index (χ3n) is 2.89. The number of hydrogen-bond donors (Lipinski definition) is 1. The highest BCUT2D eigenvalue weighted by Gasteiger charge is 2.31. The van der Waals surface area contributed by atoms with Crippen molar-refractivity contribution >= 4 is 11.5 Å². The van der Waals surface area contributed by atoms with Crippen LogP contribution in [0.1, 0.15) is 15.9 Å². The smallest absolute Gasteiger partial charge is 0.406 e. The number of ketones is 1. The van der Waals surface area contributed by atoms with E-state index in [0.29, 0.717) is 0 Å². The summed E-state index contributed by atoms with van der Waals surface area (Å²) in [5, 5.41) is 2.93. The monoisotopic (exact) mass is 309 g/mol. The van der Waals surface area contributed by atoms with E-state index in [1.54, 1.807) is 0 Å². The molecule has 0 amide bonds. The number of anilines is 1. The van der Waals surface area contributed by atoms with Crippen LogP contribution in [-0.4, -0.2) is 18.7 Å². The summed E-state index contributed by atoms with van der Waals surface area (Å²) in [6.07, 6.45) is -4.78. The van der Waals surface area contributed by atoms with Crippen molar-refractivity contribution in [2.45, 2.75) is 13.3 Å². The Labute approximate surface area is 125 Å². The second-order valence-electron chi connectivity index (χ2n) is 4.72. The van der Waals surface area contributed by atoms with Gasteiger partial charge < -0.3 is 10.1 Å². The van der Waals surface area contributed by atoms with Crippen molar-refractivity contribution in [2.24, 2.45) is 0 Å². The van der Waals surface area contributed by atoms with Crippen LogP contribution >= 0.6 is 0 Å². The summed E-state index contributed by atoms with van der Waals surface area (Å²) in [5.41, 5.74) is 2.01. The van der Waals surface area contributed by atoms with Crippen molar-refractivity contribution in [1.29, 1.82) is 0 Å². The second kappa shape index (κ2) is 6.51. The molecular weight excluding hydrogens is 295 g/mol. The molecule has 0 fully saturated rings. The number of carbonyl (C=O) groups is 1. The Morgan fingerprint density at radius 1 is 1.14 bits per heavy atom. The third kappa shape index (κ3) is 4.80. The highest BCUT2D eigenvalue weighted by atomic mass is 19.4. The Hall–Kier alpha value is -2.50. The fraction of sp³-hybridized carbons (Fsp3) is 0.188. The van der Waals surface area contributed by atoms with E-state index in [-0.39, 0.29) is 17.9 Å². The molecule has 0 heterocycles. The molecule has 0 aromatic heterocycles. The molecule has 0 unspecified atom stereocenters. The van der Waals surface area contributed by atoms with E-state index >= 15 is 0 Å². The standard InChI is InChI=1S/C16H14F3NO2/c1-11-5-7-13(8-6-11)20-10-15(21)12-3-2-4-14(9-12)22-16(17,18)19/h2-9,20H,10H2,1H3. The van der Waals surface area contributed by atoms with Crippen LogP contribution in [0.15, 0.2) is 48.5 Å². The molecule has 116 valence electrons. The maximum absolute atomic E-state index is 12.2. The molecule has 2 aromatic rings. The van der Waals surface area contributed by atoms with E-state index in [1.165, 1.54) is 12.1 Å². The van der Waals surface area contributed by atoms with Gasteiger partial charge in [-0.2, -0.15) is 0 Å². The summed E-state index contributed by atoms with van der Waals surface area (Å²) >= 11 is 0. The van der Waals surface area contributed by atoms with Gasteiger partial charge in [0, 0.05) is 11.3 Å². The topological polar surface area (TPSA) is 38.3 Å². The van der Waals surface area contributed by atoms with Crippen LogP contribution in [0.25, 0.3) is 0 Å². The number of nitrogens with one attached hydrogen (secondary N) is 1. The van der Waals surface area contributed by atoms with Gasteiger partial charge in [0.1, 0.15) is 5.75 Å². The summed E-state index contributed by atoms with van der Waals surface area (Å²) in [5.74, 6) is -0.734. The number of halogens is 3. The number of carbonyl (C=O) groups excluding carboxylic acids is 1. The lowest BCUT2D eigenvalue weighted by atomic mass is 10.1. The van der Waals surface area contributed by atoms with Gasteiger partial charge in [0.25, 0.3) is 0 Å². The first-order valence-electron chi connectivity index (χ1n) is 6.53. The van der Waals surface area contributed by atoms with E-state index in [9.17, 15) is 18.0 Å². The highest BCUT2D eigenvalue weighted by Crippen LogP contribution is 2.23. The molecule has 0 aliphatic carbocycles. The van der Waals surface area contributed by atoms with Gasteiger partial charge in [-0.3, -0.25) is 4.79 Å². The molecule has 0 saturated carbocycles. The minimum Gasteiger partial charge on any atom is -0.406 e. The molecule has 6 heteroatoms. The van der Waals surface area contributed by atoms with Crippen molar-refractivity contribution < 1.29 is 22.7 Å². The predicted octanol–water partition coefficient (Wildman–Crippen LogP) is 4.19. The molecule has 3 nitrogen and oxygen atoms in total. The number of ether oxygens (including phenoxy) is 1. The van der Waals surface area contributed by atoms with Crippen LogP contribution in [0.5, 0.6) is 5.75 Å². The summed E-state index contributed by atoms with van der Waals surface area (Å²) in [6.45, 7) is 1.93. The number of aryl methyl sites for hydroxylation is 1. The molecule has 0 saturated heterocycles. The number of hydrogen-bond acceptors (Lipinski definition) is 3. The lowest BCUT2D eigenvalue weighted by Crippen LogP contribution is -2.18. The SMILES string of the molecule is Cc1ccc(NCC(=O)c2cccc(OC(F)(F)F)c2)cc1. The van der Waals surface area contributed by atoms with Gasteiger partial charge in [0.2, 0.25) is 0 Å². The summed E-state index contributed by atoms with van der Waals surface area (Å²) < 4.78 is 40.3. The molecule has 0 spiro atoms. The first-order chi connectivity index (χ1) is 10.3. The molecule has 0 aliphatic heterocycles. The first-order valence-corrected chi connectivity index (χ1v) is 6.53. The maximum atomic E-state index is 12.2. The normalized spacial score (nSPS) is 11.1. The number of rotatable bonds is 5. The van der Waals surface area contributed by atoms with Gasteiger partial charge in [-0.1, -0.05) is 29.8 Å². The molecule has 0 atom stereocenters. The quantitative estimate of drug-likeness (QED) is 0.842. The lowest BCUT2D eigenvalue weighted by Gasteiger charge is -2.10. The molecule has 0 bridgehead atoms. The largest absolute Gasteiger partial charge is 0.573 e. The minimum atomic E-state index is -4.78. The maximum Gasteiger partial charge on any atom is 0.573 e. The zero-order valence-electron chi connectivity index (χ0n) is 11.8. The Morgan fingerprint density at radius 2 is 1.82 bits per heavy atom. The Bertz CT molecular complexity index is 651. The van der Waals surface area contributed by atoms with Gasteiger partial charge >= 0.3 is 6.36 Å². The fourth-order valence-corrected chi connectivity index (χ4v) is 1.82. The fourth-order valence-electron chi connectivity index (χ4n) is 1.82. The van der Waals surface area contributed by atoms with Crippen molar-refractivity contribution in [3.63, 3.8) is 0 Å². The summed E-state index contributed by atoms with van der Waals surface area (Å²) in [6, 6.07) is 12.5. The second-order valence-corrected chi connectivity index (χ2v) is 4.72. The number of alkyl halides is 3. The zero-order valence-corrected chi connectivity index (χ0v) is 11.8. The summed E-state index contributed by atoms with van der Waals surface area (Å²) in [4.78, 5) is 12.0. The van der Waals surface area contributed by atoms with E-state index < -0.39 is 12.1 Å². The Kier molecular flexibility index (Phi) is 4.70. The molecule has 2 rings (SSSR count). The van der Waals surface area contributed by atoms with Crippen LogP contribution in [0.2, 0.25) is 0 Å². The van der Waals surface area contributed by atoms with Crippen molar-refractivity contribution in [3.05, 3.63) is 59.7 Å². The van der Waals surface area contributed by atoms with E-state index in [0.717, 1.165) is 23.4 Å². The van der Waals surface area contributed by atoms with Gasteiger partial charge in [0.15, 0.2) is 5.78 Å². The number of benzene rings is 2. The molecule has 0 radical (unpaired) electrons. The number of Topliss-reactive ketones (excluding diaryl/α,β-unsaturated/α-hetero) is 1. The third-order valence-corrected chi connectivity index (χ3v) is 2.89.